The van der Waals surface area contributed by atoms with Crippen LogP contribution in [0.15, 0.2) is 30.3 Å². The second-order valence-corrected chi connectivity index (χ2v) is 4.01. The van der Waals surface area contributed by atoms with Crippen LogP contribution in [0.2, 0.25) is 0 Å². The van der Waals surface area contributed by atoms with Gasteiger partial charge in [-0.3, -0.25) is 9.59 Å². The van der Waals surface area contributed by atoms with Gasteiger partial charge < -0.3 is 15.6 Å². The smallest absolute Gasteiger partial charge is 0.267 e. The van der Waals surface area contributed by atoms with Gasteiger partial charge in [0.2, 0.25) is 5.91 Å². The van der Waals surface area contributed by atoms with Crippen LogP contribution < -0.4 is 10.6 Å². The third-order valence-electron chi connectivity index (χ3n) is 2.56. The Kier molecular flexibility index (Phi) is 3.62. The molecule has 94 valence electrons. The summed E-state index contributed by atoms with van der Waals surface area (Å²) >= 11 is 0. The normalized spacial score (nSPS) is 10.3. The summed E-state index contributed by atoms with van der Waals surface area (Å²) < 4.78 is 0. The van der Waals surface area contributed by atoms with E-state index in [1.54, 1.807) is 0 Å². The third-order valence-corrected chi connectivity index (χ3v) is 2.56. The molecule has 1 heterocycles. The number of H-pyrrole nitrogens is 1. The second-order valence-electron chi connectivity index (χ2n) is 4.01. The first-order chi connectivity index (χ1) is 8.66. The molecular weight excluding hydrogens is 230 g/mol. The molecule has 0 aliphatic carbocycles. The number of fused-ring (bicyclic) bond motifs is 1. The number of carbonyl (C=O) groups is 2. The highest BCUT2D eigenvalue weighted by Crippen LogP contribution is 2.14. The Morgan fingerprint density at radius 2 is 1.89 bits per heavy atom. The van der Waals surface area contributed by atoms with E-state index in [1.807, 2.05) is 30.3 Å². The monoisotopic (exact) mass is 245 g/mol. The van der Waals surface area contributed by atoms with Gasteiger partial charge in [-0.25, -0.2) is 0 Å². The minimum atomic E-state index is -0.170. The molecule has 0 saturated heterocycles. The summed E-state index contributed by atoms with van der Waals surface area (Å²) in [4.78, 5) is 25.5. The van der Waals surface area contributed by atoms with Crippen LogP contribution >= 0.6 is 0 Å². The average Bonchev–Trinajstić information content (AvgIpc) is 2.78. The van der Waals surface area contributed by atoms with E-state index in [1.165, 1.54) is 6.92 Å². The van der Waals surface area contributed by atoms with Crippen LogP contribution in [0.4, 0.5) is 0 Å². The molecule has 2 aromatic rings. The molecule has 0 fully saturated rings. The highest BCUT2D eigenvalue weighted by molar-refractivity contribution is 5.97. The van der Waals surface area contributed by atoms with Crippen molar-refractivity contribution in [1.82, 2.24) is 15.6 Å². The second kappa shape index (κ2) is 5.35. The first-order valence-electron chi connectivity index (χ1n) is 5.77. The van der Waals surface area contributed by atoms with Crippen molar-refractivity contribution in [2.24, 2.45) is 0 Å². The molecule has 0 unspecified atom stereocenters. The van der Waals surface area contributed by atoms with E-state index in [0.717, 1.165) is 10.9 Å². The molecular formula is C13H15N3O2. The Bertz CT molecular complexity index is 541. The van der Waals surface area contributed by atoms with E-state index < -0.39 is 0 Å². The van der Waals surface area contributed by atoms with Crippen LogP contribution in [0.5, 0.6) is 0 Å². The molecule has 0 bridgehead atoms. The van der Waals surface area contributed by atoms with Crippen LogP contribution in [0.25, 0.3) is 10.9 Å². The summed E-state index contributed by atoms with van der Waals surface area (Å²) in [7, 11) is 0. The molecule has 0 saturated carbocycles. The number of aromatic amines is 1. The average molecular weight is 245 g/mol. The Hall–Kier alpha value is -2.30. The zero-order valence-electron chi connectivity index (χ0n) is 10.1. The maximum absolute atomic E-state index is 11.8. The van der Waals surface area contributed by atoms with E-state index >= 15 is 0 Å². The minimum Gasteiger partial charge on any atom is -0.355 e. The number of benzene rings is 1. The number of nitrogens with one attached hydrogen (secondary N) is 3. The fraction of sp³-hybridized carbons (Fsp3) is 0.231. The highest BCUT2D eigenvalue weighted by atomic mass is 16.2. The summed E-state index contributed by atoms with van der Waals surface area (Å²) in [5.74, 6) is -0.272. The summed E-state index contributed by atoms with van der Waals surface area (Å²) in [5, 5.41) is 6.35. The molecule has 3 N–H and O–H groups in total. The van der Waals surface area contributed by atoms with Gasteiger partial charge in [-0.15, -0.1) is 0 Å². The van der Waals surface area contributed by atoms with Crippen LogP contribution in [-0.2, 0) is 4.79 Å². The minimum absolute atomic E-state index is 0.102. The van der Waals surface area contributed by atoms with E-state index in [9.17, 15) is 9.59 Å². The molecule has 0 radical (unpaired) electrons. The molecule has 0 spiro atoms. The predicted molar refractivity (Wildman–Crippen MR) is 69.3 cm³/mol. The first-order valence-corrected chi connectivity index (χ1v) is 5.77. The van der Waals surface area contributed by atoms with Gasteiger partial charge in [0.1, 0.15) is 5.69 Å². The number of carbonyl (C=O) groups excluding carboxylic acids is 2. The summed E-state index contributed by atoms with van der Waals surface area (Å²) in [6, 6.07) is 9.51. The van der Waals surface area contributed by atoms with Gasteiger partial charge >= 0.3 is 0 Å². The lowest BCUT2D eigenvalue weighted by atomic mass is 10.2. The summed E-state index contributed by atoms with van der Waals surface area (Å²) in [5.41, 5.74) is 1.46. The Labute approximate surface area is 105 Å². The van der Waals surface area contributed by atoms with Crippen molar-refractivity contribution in [1.29, 1.82) is 0 Å². The van der Waals surface area contributed by atoms with Crippen molar-refractivity contribution >= 4 is 22.7 Å². The number of hydrogen-bond donors (Lipinski definition) is 3. The van der Waals surface area contributed by atoms with Crippen LogP contribution in [0.3, 0.4) is 0 Å². The Morgan fingerprint density at radius 1 is 1.17 bits per heavy atom. The number of para-hydroxylation sites is 1. The van der Waals surface area contributed by atoms with Crippen molar-refractivity contribution in [2.45, 2.75) is 6.92 Å². The lowest BCUT2D eigenvalue weighted by Crippen LogP contribution is -2.33. The van der Waals surface area contributed by atoms with Gasteiger partial charge in [-0.2, -0.15) is 0 Å². The predicted octanol–water partition coefficient (Wildman–Crippen LogP) is 1.03. The number of aromatic nitrogens is 1. The fourth-order valence-electron chi connectivity index (χ4n) is 1.71. The van der Waals surface area contributed by atoms with Gasteiger partial charge in [0.15, 0.2) is 0 Å². The van der Waals surface area contributed by atoms with E-state index in [0.29, 0.717) is 18.8 Å². The van der Waals surface area contributed by atoms with Crippen molar-refractivity contribution in [2.75, 3.05) is 13.1 Å². The SMILES string of the molecule is CC(=O)NCCNC(=O)c1cc2ccccc2[nH]1. The molecule has 1 aromatic carbocycles. The maximum Gasteiger partial charge on any atom is 0.267 e. The largest absolute Gasteiger partial charge is 0.355 e. The zero-order chi connectivity index (χ0) is 13.0. The summed E-state index contributed by atoms with van der Waals surface area (Å²) in [6.45, 7) is 2.29. The number of rotatable bonds is 4. The maximum atomic E-state index is 11.8. The fourth-order valence-corrected chi connectivity index (χ4v) is 1.71. The van der Waals surface area contributed by atoms with Crippen molar-refractivity contribution in [3.8, 4) is 0 Å². The Balaban J connectivity index is 1.94. The lowest BCUT2D eigenvalue weighted by molar-refractivity contribution is -0.118. The van der Waals surface area contributed by atoms with Gasteiger partial charge in [0.25, 0.3) is 5.91 Å². The van der Waals surface area contributed by atoms with Gasteiger partial charge in [-0.1, -0.05) is 18.2 Å². The van der Waals surface area contributed by atoms with Crippen molar-refractivity contribution < 1.29 is 9.59 Å². The number of amides is 2. The molecule has 0 atom stereocenters. The lowest BCUT2D eigenvalue weighted by Gasteiger charge is -2.03. The summed E-state index contributed by atoms with van der Waals surface area (Å²) in [6.07, 6.45) is 0. The van der Waals surface area contributed by atoms with E-state index in [4.69, 9.17) is 0 Å². The molecule has 0 aliphatic heterocycles. The van der Waals surface area contributed by atoms with Crippen molar-refractivity contribution in [3.63, 3.8) is 0 Å². The van der Waals surface area contributed by atoms with E-state index in [-0.39, 0.29) is 11.8 Å². The molecule has 5 heteroatoms. The topological polar surface area (TPSA) is 74.0 Å². The van der Waals surface area contributed by atoms with Gasteiger partial charge in [0.05, 0.1) is 0 Å². The molecule has 0 aliphatic rings. The Morgan fingerprint density at radius 3 is 2.61 bits per heavy atom. The molecule has 18 heavy (non-hydrogen) atoms. The first kappa shape index (κ1) is 12.2. The van der Waals surface area contributed by atoms with Crippen LogP contribution in [0.1, 0.15) is 17.4 Å². The van der Waals surface area contributed by atoms with Gasteiger partial charge in [0, 0.05) is 30.9 Å². The van der Waals surface area contributed by atoms with Gasteiger partial charge in [-0.05, 0) is 12.1 Å². The van der Waals surface area contributed by atoms with Crippen molar-refractivity contribution in [3.05, 3.63) is 36.0 Å². The quantitative estimate of drug-likeness (QED) is 0.704. The van der Waals surface area contributed by atoms with Crippen LogP contribution in [0, 0.1) is 0 Å². The molecule has 5 nitrogen and oxygen atoms in total. The third kappa shape index (κ3) is 2.88. The van der Waals surface area contributed by atoms with E-state index in [2.05, 4.69) is 15.6 Å². The zero-order valence-corrected chi connectivity index (χ0v) is 10.1. The van der Waals surface area contributed by atoms with Crippen LogP contribution in [-0.4, -0.2) is 29.9 Å². The molecule has 1 aromatic heterocycles. The highest BCUT2D eigenvalue weighted by Gasteiger charge is 2.08. The molecule has 2 amide bonds. The standard InChI is InChI=1S/C13H15N3O2/c1-9(17)14-6-7-15-13(18)12-8-10-4-2-3-5-11(10)16-12/h2-5,8,16H,6-7H2,1H3,(H,14,17)(H,15,18). The molecule has 2 rings (SSSR count). The number of hydrogen-bond acceptors (Lipinski definition) is 2.